The zero-order chi connectivity index (χ0) is 25.4. The van der Waals surface area contributed by atoms with Crippen molar-refractivity contribution in [1.82, 2.24) is 4.57 Å². The summed E-state index contributed by atoms with van der Waals surface area (Å²) in [5.41, 5.74) is 4.33. The molecule has 1 aromatic heterocycles. The predicted molar refractivity (Wildman–Crippen MR) is 155 cm³/mol. The topological polar surface area (TPSA) is 8.81 Å². The van der Waals surface area contributed by atoms with Crippen LogP contribution in [-0.2, 0) is 25.9 Å². The maximum atomic E-state index is 2.67. The molecule has 2 nitrogen and oxygen atoms in total. The molecular formula is C34H51N2+. The fourth-order valence-corrected chi connectivity index (χ4v) is 5.48. The van der Waals surface area contributed by atoms with Gasteiger partial charge in [0.1, 0.15) is 11.9 Å². The van der Waals surface area contributed by atoms with E-state index in [0.717, 1.165) is 25.9 Å². The van der Waals surface area contributed by atoms with Gasteiger partial charge in [-0.05, 0) is 36.8 Å². The largest absolute Gasteiger partial charge is 0.261 e. The lowest BCUT2D eigenvalue weighted by Crippen LogP contribution is -2.41. The van der Waals surface area contributed by atoms with Crippen LogP contribution in [0.1, 0.15) is 120 Å². The van der Waals surface area contributed by atoms with Crippen LogP contribution in [0.3, 0.4) is 0 Å². The number of hydrogen-bond acceptors (Lipinski definition) is 0. The average Bonchev–Trinajstić information content (AvgIpc) is 3.23. The Balaban J connectivity index is 1.60. The van der Waals surface area contributed by atoms with E-state index in [1.807, 2.05) is 0 Å². The van der Waals surface area contributed by atoms with E-state index in [4.69, 9.17) is 0 Å². The molecule has 0 aliphatic carbocycles. The minimum atomic E-state index is 0.520. The highest BCUT2D eigenvalue weighted by atomic mass is 15.2. The molecule has 1 unspecified atom stereocenters. The summed E-state index contributed by atoms with van der Waals surface area (Å²) in [6.45, 7) is 9.13. The van der Waals surface area contributed by atoms with Crippen molar-refractivity contribution in [2.24, 2.45) is 0 Å². The van der Waals surface area contributed by atoms with Gasteiger partial charge in [0, 0.05) is 6.42 Å². The van der Waals surface area contributed by atoms with E-state index in [2.05, 4.69) is 96.8 Å². The fraction of sp³-hybridized carbons (Fsp3) is 0.559. The van der Waals surface area contributed by atoms with E-state index in [0.29, 0.717) is 5.92 Å². The zero-order valence-electron chi connectivity index (χ0n) is 23.4. The Morgan fingerprint density at radius 2 is 1.25 bits per heavy atom. The van der Waals surface area contributed by atoms with Gasteiger partial charge in [-0.3, -0.25) is 0 Å². The summed E-state index contributed by atoms with van der Waals surface area (Å²) in [6, 6.07) is 22.0. The molecular weight excluding hydrogens is 436 g/mol. The summed E-state index contributed by atoms with van der Waals surface area (Å²) in [6.07, 6.45) is 19.9. The highest BCUT2D eigenvalue weighted by Crippen LogP contribution is 2.21. The number of rotatable bonds is 18. The Hall–Kier alpha value is -2.35. The minimum absolute atomic E-state index is 0.520. The Morgan fingerprint density at radius 3 is 1.83 bits per heavy atom. The van der Waals surface area contributed by atoms with Crippen molar-refractivity contribution in [2.45, 2.75) is 123 Å². The van der Waals surface area contributed by atoms with Crippen LogP contribution in [0.25, 0.3) is 0 Å². The lowest BCUT2D eigenvalue weighted by Gasteiger charge is -2.12. The van der Waals surface area contributed by atoms with Gasteiger partial charge in [0.2, 0.25) is 0 Å². The van der Waals surface area contributed by atoms with Gasteiger partial charge in [-0.15, -0.1) is 0 Å². The number of aryl methyl sites for hydroxylation is 1. The monoisotopic (exact) mass is 487 g/mol. The number of imidazole rings is 1. The second kappa shape index (κ2) is 16.4. The third kappa shape index (κ3) is 9.26. The molecule has 2 aromatic carbocycles. The number of aromatic nitrogens is 2. The van der Waals surface area contributed by atoms with Gasteiger partial charge in [-0.2, -0.15) is 0 Å². The maximum Gasteiger partial charge on any atom is 0.261 e. The van der Waals surface area contributed by atoms with E-state index >= 15 is 0 Å². The smallest absolute Gasteiger partial charge is 0.234 e. The second-order valence-corrected chi connectivity index (χ2v) is 10.7. The van der Waals surface area contributed by atoms with Gasteiger partial charge in [0.15, 0.2) is 0 Å². The van der Waals surface area contributed by atoms with Gasteiger partial charge in [0.05, 0.1) is 19.5 Å². The first kappa shape index (κ1) is 28.2. The van der Waals surface area contributed by atoms with E-state index in [-0.39, 0.29) is 0 Å². The molecule has 3 aromatic rings. The third-order valence-corrected chi connectivity index (χ3v) is 7.71. The predicted octanol–water partition coefficient (Wildman–Crippen LogP) is 9.04. The first-order valence-corrected chi connectivity index (χ1v) is 14.9. The number of benzene rings is 2. The lowest BCUT2D eigenvalue weighted by molar-refractivity contribution is -0.710. The highest BCUT2D eigenvalue weighted by Gasteiger charge is 2.24. The Kier molecular flexibility index (Phi) is 12.9. The van der Waals surface area contributed by atoms with Gasteiger partial charge in [0.25, 0.3) is 5.82 Å². The van der Waals surface area contributed by atoms with Crippen molar-refractivity contribution >= 4 is 0 Å². The first-order chi connectivity index (χ1) is 17.7. The molecule has 0 bridgehead atoms. The van der Waals surface area contributed by atoms with Crippen molar-refractivity contribution in [3.63, 3.8) is 0 Å². The first-order valence-electron chi connectivity index (χ1n) is 14.9. The number of hydrogen-bond donors (Lipinski definition) is 0. The SMILES string of the molecule is CCCCCCCCCCCCC[n+]1c(CC(C)c2ccccc2)cn(CC)c1Cc1ccccc1. The van der Waals surface area contributed by atoms with Crippen molar-refractivity contribution in [3.05, 3.63) is 89.5 Å². The standard InChI is InChI=1S/C34H51N2/c1-4-6-7-8-9-10-11-12-13-14-21-26-36-33(27-30(3)32-24-19-16-20-25-32)29-35(5-2)34(36)28-31-22-17-15-18-23-31/h15-20,22-25,29-30H,4-14,21,26-28H2,1-3H3/q+1. The Morgan fingerprint density at radius 1 is 0.694 bits per heavy atom. The Labute approximate surface area is 221 Å². The van der Waals surface area contributed by atoms with Crippen LogP contribution < -0.4 is 4.57 Å². The lowest BCUT2D eigenvalue weighted by atomic mass is 9.96. The molecule has 3 rings (SSSR count). The summed E-state index contributed by atoms with van der Waals surface area (Å²) in [7, 11) is 0. The summed E-state index contributed by atoms with van der Waals surface area (Å²) in [4.78, 5) is 0. The molecule has 0 spiro atoms. The molecule has 0 aliphatic heterocycles. The number of unbranched alkanes of at least 4 members (excludes halogenated alkanes) is 10. The molecule has 0 amide bonds. The van der Waals surface area contributed by atoms with Crippen molar-refractivity contribution in [3.8, 4) is 0 Å². The fourth-order valence-electron chi connectivity index (χ4n) is 5.48. The normalized spacial score (nSPS) is 12.2. The van der Waals surface area contributed by atoms with Gasteiger partial charge < -0.3 is 0 Å². The van der Waals surface area contributed by atoms with Crippen LogP contribution in [0.15, 0.2) is 66.9 Å². The molecule has 0 saturated carbocycles. The number of nitrogens with zero attached hydrogens (tertiary/aromatic N) is 2. The molecule has 1 atom stereocenters. The summed E-state index contributed by atoms with van der Waals surface area (Å²) in [5.74, 6) is 1.98. The molecule has 196 valence electrons. The van der Waals surface area contributed by atoms with Crippen LogP contribution in [-0.4, -0.2) is 4.57 Å². The van der Waals surface area contributed by atoms with Crippen molar-refractivity contribution in [1.29, 1.82) is 0 Å². The molecule has 0 radical (unpaired) electrons. The van der Waals surface area contributed by atoms with Gasteiger partial charge in [-0.25, -0.2) is 9.13 Å². The van der Waals surface area contributed by atoms with Gasteiger partial charge >= 0.3 is 0 Å². The highest BCUT2D eigenvalue weighted by molar-refractivity contribution is 5.21. The van der Waals surface area contributed by atoms with Crippen LogP contribution in [0.5, 0.6) is 0 Å². The van der Waals surface area contributed by atoms with Gasteiger partial charge in [-0.1, -0.05) is 132 Å². The molecule has 36 heavy (non-hydrogen) atoms. The van der Waals surface area contributed by atoms with E-state index in [9.17, 15) is 0 Å². The van der Waals surface area contributed by atoms with Crippen LogP contribution in [0, 0.1) is 0 Å². The van der Waals surface area contributed by atoms with Crippen LogP contribution in [0.2, 0.25) is 0 Å². The van der Waals surface area contributed by atoms with E-state index in [1.165, 1.54) is 93.3 Å². The minimum Gasteiger partial charge on any atom is -0.234 e. The Bertz CT molecular complexity index is 958. The summed E-state index contributed by atoms with van der Waals surface area (Å²) in [5, 5.41) is 0. The van der Waals surface area contributed by atoms with Crippen molar-refractivity contribution < 1.29 is 4.57 Å². The third-order valence-electron chi connectivity index (χ3n) is 7.71. The molecule has 2 heteroatoms. The molecule has 0 aliphatic rings. The molecule has 0 fully saturated rings. The molecule has 0 N–H and O–H groups in total. The van der Waals surface area contributed by atoms with E-state index < -0.39 is 0 Å². The van der Waals surface area contributed by atoms with Crippen LogP contribution in [0.4, 0.5) is 0 Å². The average molecular weight is 488 g/mol. The summed E-state index contributed by atoms with van der Waals surface area (Å²) >= 11 is 0. The van der Waals surface area contributed by atoms with Crippen LogP contribution >= 0.6 is 0 Å². The summed E-state index contributed by atoms with van der Waals surface area (Å²) < 4.78 is 5.17. The second-order valence-electron chi connectivity index (χ2n) is 10.7. The maximum absolute atomic E-state index is 2.67. The van der Waals surface area contributed by atoms with E-state index in [1.54, 1.807) is 0 Å². The molecule has 0 saturated heterocycles. The quantitative estimate of drug-likeness (QED) is 0.125. The molecule has 1 heterocycles. The van der Waals surface area contributed by atoms with Crippen molar-refractivity contribution in [2.75, 3.05) is 0 Å². The zero-order valence-corrected chi connectivity index (χ0v) is 23.4.